The second-order valence-electron chi connectivity index (χ2n) is 11.8. The Bertz CT molecular complexity index is 1170. The Kier molecular flexibility index (Phi) is 19.2. The maximum atomic E-state index is 12.0. The van der Waals surface area contributed by atoms with Crippen LogP contribution in [0, 0.1) is 0 Å². The van der Waals surface area contributed by atoms with Gasteiger partial charge < -0.3 is 20.3 Å². The molecule has 1 rings (SSSR count). The highest BCUT2D eigenvalue weighted by Crippen LogP contribution is 2.24. The van der Waals surface area contributed by atoms with Gasteiger partial charge in [-0.25, -0.2) is 0 Å². The van der Waals surface area contributed by atoms with E-state index < -0.39 is 5.97 Å². The number of carbonyl (C=O) groups excluding carboxylic acids is 2. The molecule has 0 spiro atoms. The molecule has 1 aromatic carbocycles. The number of unbranched alkanes of at least 4 members (excludes halogenated alkanes) is 1. The Morgan fingerprint density at radius 1 is 0.674 bits per heavy atom. The van der Waals surface area contributed by atoms with Crippen molar-refractivity contribution >= 4 is 11.9 Å². The number of ether oxygens (including phenoxy) is 1. The lowest BCUT2D eigenvalue weighted by molar-refractivity contribution is -0.148. The van der Waals surface area contributed by atoms with E-state index in [0.29, 0.717) is 19.4 Å². The van der Waals surface area contributed by atoms with Gasteiger partial charge in [-0.05, 0) is 123 Å². The molecule has 0 radical (unpaired) electrons. The highest BCUT2D eigenvalue weighted by atomic mass is 16.5. The van der Waals surface area contributed by atoms with Crippen LogP contribution in [-0.2, 0) is 20.7 Å². The van der Waals surface area contributed by atoms with Gasteiger partial charge >= 0.3 is 5.97 Å². The maximum absolute atomic E-state index is 12.0. The normalized spacial score (nSPS) is 12.7. The number of benzene rings is 1. The summed E-state index contributed by atoms with van der Waals surface area (Å²) >= 11 is 0. The molecule has 1 amide bonds. The Balaban J connectivity index is 2.18. The topological polar surface area (TPSA) is 95.9 Å². The lowest BCUT2D eigenvalue weighted by Gasteiger charge is -2.08. The SMILES string of the molecule is CC(C)=CCC/C(C)=C\CC/C(C)=C/CC/C=C(\C)CC/C=C(\C)CCC(=O)OCC(=O)NCCc1ccc(O)c(O)c1. The number of hydrogen-bond acceptors (Lipinski definition) is 5. The molecular weight excluding hydrogens is 538 g/mol. The van der Waals surface area contributed by atoms with Crippen molar-refractivity contribution in [3.05, 3.63) is 82.0 Å². The number of rotatable bonds is 20. The first-order valence-electron chi connectivity index (χ1n) is 15.6. The smallest absolute Gasteiger partial charge is 0.306 e. The minimum absolute atomic E-state index is 0.183. The zero-order valence-corrected chi connectivity index (χ0v) is 27.4. The van der Waals surface area contributed by atoms with Crippen LogP contribution in [0.3, 0.4) is 0 Å². The molecule has 0 aliphatic heterocycles. The molecule has 0 fully saturated rings. The second kappa shape index (κ2) is 22.1. The highest BCUT2D eigenvalue weighted by Gasteiger charge is 2.08. The van der Waals surface area contributed by atoms with Crippen molar-refractivity contribution < 1.29 is 24.5 Å². The van der Waals surface area contributed by atoms with E-state index in [1.165, 1.54) is 34.4 Å². The van der Waals surface area contributed by atoms with Crippen molar-refractivity contribution in [1.82, 2.24) is 5.32 Å². The molecule has 0 atom stereocenters. The molecule has 0 saturated heterocycles. The van der Waals surface area contributed by atoms with Crippen LogP contribution in [0.4, 0.5) is 0 Å². The third-order valence-electron chi connectivity index (χ3n) is 7.17. The average molecular weight is 594 g/mol. The average Bonchev–Trinajstić information content (AvgIpc) is 2.94. The zero-order valence-electron chi connectivity index (χ0n) is 27.4. The Labute approximate surface area is 260 Å². The summed E-state index contributed by atoms with van der Waals surface area (Å²) in [6.45, 7) is 13.0. The first-order valence-corrected chi connectivity index (χ1v) is 15.6. The first kappa shape index (κ1) is 37.5. The highest BCUT2D eigenvalue weighted by molar-refractivity contribution is 5.80. The van der Waals surface area contributed by atoms with E-state index in [9.17, 15) is 19.8 Å². The number of nitrogens with one attached hydrogen (secondary N) is 1. The number of phenols is 2. The molecule has 43 heavy (non-hydrogen) atoms. The second-order valence-corrected chi connectivity index (χ2v) is 11.8. The minimum Gasteiger partial charge on any atom is -0.504 e. The summed E-state index contributed by atoms with van der Waals surface area (Å²) in [5.74, 6) is -1.14. The fourth-order valence-electron chi connectivity index (χ4n) is 4.39. The zero-order chi connectivity index (χ0) is 32.0. The van der Waals surface area contributed by atoms with Gasteiger partial charge in [-0.3, -0.25) is 9.59 Å². The van der Waals surface area contributed by atoms with E-state index in [0.717, 1.165) is 62.5 Å². The number of allylic oxidation sites excluding steroid dienone is 10. The van der Waals surface area contributed by atoms with Crippen LogP contribution in [0.1, 0.15) is 111 Å². The molecule has 6 heteroatoms. The first-order chi connectivity index (χ1) is 20.5. The van der Waals surface area contributed by atoms with Gasteiger partial charge in [0.1, 0.15) is 0 Å². The summed E-state index contributed by atoms with van der Waals surface area (Å²) in [6, 6.07) is 4.52. The molecule has 0 aromatic heterocycles. The summed E-state index contributed by atoms with van der Waals surface area (Å²) in [6.07, 6.45) is 21.5. The van der Waals surface area contributed by atoms with Gasteiger partial charge in [-0.2, -0.15) is 0 Å². The quantitative estimate of drug-likeness (QED) is 0.0607. The van der Waals surface area contributed by atoms with Crippen LogP contribution in [0.15, 0.2) is 76.4 Å². The van der Waals surface area contributed by atoms with Crippen LogP contribution in [-0.4, -0.2) is 35.2 Å². The molecule has 0 unspecified atom stereocenters. The molecule has 0 aliphatic rings. The number of phenolic OH excluding ortho intramolecular Hbond substituents is 2. The summed E-state index contributed by atoms with van der Waals surface area (Å²) < 4.78 is 5.09. The van der Waals surface area contributed by atoms with Gasteiger partial charge in [0.15, 0.2) is 18.1 Å². The molecule has 0 aliphatic carbocycles. The molecule has 238 valence electrons. The molecule has 0 bridgehead atoms. The standard InChI is InChI=1S/C37H55NO5/c1-28(2)12-9-15-31(5)18-10-16-29(3)13-7-8-14-30(4)17-11-19-32(6)20-23-37(42)43-27-36(41)38-25-24-33-21-22-34(39)35(40)26-33/h12-14,18-19,21-22,26,39-40H,7-11,15-17,20,23-25,27H2,1-6H3,(H,38,41)/b29-13+,30-14+,31-18-,32-19+. The van der Waals surface area contributed by atoms with E-state index in [2.05, 4.69) is 70.3 Å². The molecular formula is C37H55NO5. The monoisotopic (exact) mass is 593 g/mol. The number of aromatic hydroxyl groups is 2. The van der Waals surface area contributed by atoms with Crippen molar-refractivity contribution in [3.63, 3.8) is 0 Å². The molecule has 0 saturated carbocycles. The van der Waals surface area contributed by atoms with Crippen molar-refractivity contribution in [2.75, 3.05) is 13.2 Å². The lowest BCUT2D eigenvalue weighted by atomic mass is 10.0. The van der Waals surface area contributed by atoms with Gasteiger partial charge in [0.25, 0.3) is 5.91 Å². The van der Waals surface area contributed by atoms with E-state index in [-0.39, 0.29) is 30.4 Å². The number of hydrogen-bond donors (Lipinski definition) is 3. The predicted octanol–water partition coefficient (Wildman–Crippen LogP) is 8.95. The van der Waals surface area contributed by atoms with Gasteiger partial charge in [-0.1, -0.05) is 64.3 Å². The fraction of sp³-hybridized carbons (Fsp3) is 0.514. The van der Waals surface area contributed by atoms with Crippen LogP contribution in [0.5, 0.6) is 11.5 Å². The summed E-state index contributed by atoms with van der Waals surface area (Å²) in [4.78, 5) is 24.0. The molecule has 3 N–H and O–H groups in total. The van der Waals surface area contributed by atoms with E-state index >= 15 is 0 Å². The maximum Gasteiger partial charge on any atom is 0.306 e. The van der Waals surface area contributed by atoms with E-state index in [4.69, 9.17) is 4.74 Å². The molecule has 6 nitrogen and oxygen atoms in total. The number of amides is 1. The van der Waals surface area contributed by atoms with Crippen molar-refractivity contribution in [2.24, 2.45) is 0 Å². The van der Waals surface area contributed by atoms with Gasteiger partial charge in [0.2, 0.25) is 0 Å². The Hall–Kier alpha value is -3.54. The van der Waals surface area contributed by atoms with Crippen LogP contribution in [0.2, 0.25) is 0 Å². The van der Waals surface area contributed by atoms with Gasteiger partial charge in [0, 0.05) is 13.0 Å². The summed E-state index contributed by atoms with van der Waals surface area (Å²) in [7, 11) is 0. The summed E-state index contributed by atoms with van der Waals surface area (Å²) in [5.41, 5.74) is 7.65. The molecule has 1 aromatic rings. The third-order valence-corrected chi connectivity index (χ3v) is 7.17. The van der Waals surface area contributed by atoms with Crippen molar-refractivity contribution in [1.29, 1.82) is 0 Å². The Morgan fingerprint density at radius 3 is 1.72 bits per heavy atom. The number of esters is 1. The largest absolute Gasteiger partial charge is 0.504 e. The van der Waals surface area contributed by atoms with Crippen LogP contribution >= 0.6 is 0 Å². The third kappa shape index (κ3) is 20.1. The predicted molar refractivity (Wildman–Crippen MR) is 178 cm³/mol. The van der Waals surface area contributed by atoms with Crippen molar-refractivity contribution in [2.45, 2.75) is 112 Å². The minimum atomic E-state index is -0.392. The lowest BCUT2D eigenvalue weighted by Crippen LogP contribution is -2.30. The van der Waals surface area contributed by atoms with Gasteiger partial charge in [-0.15, -0.1) is 0 Å². The molecule has 0 heterocycles. The van der Waals surface area contributed by atoms with E-state index in [1.54, 1.807) is 6.07 Å². The van der Waals surface area contributed by atoms with Gasteiger partial charge in [0.05, 0.1) is 0 Å². The summed E-state index contributed by atoms with van der Waals surface area (Å²) in [5, 5.41) is 21.5. The van der Waals surface area contributed by atoms with Crippen LogP contribution < -0.4 is 5.32 Å². The Morgan fingerprint density at radius 2 is 1.19 bits per heavy atom. The van der Waals surface area contributed by atoms with E-state index in [1.807, 2.05) is 6.92 Å². The fourth-order valence-corrected chi connectivity index (χ4v) is 4.39. The number of carbonyl (C=O) groups is 2. The van der Waals surface area contributed by atoms with Crippen LogP contribution in [0.25, 0.3) is 0 Å². The van der Waals surface area contributed by atoms with Crippen molar-refractivity contribution in [3.8, 4) is 11.5 Å².